The molecule has 0 aliphatic carbocycles. The lowest BCUT2D eigenvalue weighted by Gasteiger charge is -2.06. The Labute approximate surface area is 183 Å². The molecule has 3 aromatic carbocycles. The van der Waals surface area contributed by atoms with Crippen molar-refractivity contribution in [2.45, 2.75) is 6.92 Å². The number of ether oxygens (including phenoxy) is 1. The smallest absolute Gasteiger partial charge is 0.346 e. The predicted molar refractivity (Wildman–Crippen MR) is 117 cm³/mol. The second-order valence-corrected chi connectivity index (χ2v) is 6.78. The van der Waals surface area contributed by atoms with Crippen molar-refractivity contribution in [2.75, 3.05) is 6.54 Å². The fraction of sp³-hybridized carbons (Fsp3) is 0.0833. The highest BCUT2D eigenvalue weighted by atomic mass is 19.1. The summed E-state index contributed by atoms with van der Waals surface area (Å²) in [5.41, 5.74) is 4.19. The van der Waals surface area contributed by atoms with E-state index in [9.17, 15) is 18.8 Å². The average Bonchev–Trinajstić information content (AvgIpc) is 2.79. The maximum Gasteiger partial charge on any atom is 0.346 e. The third-order valence-electron chi connectivity index (χ3n) is 4.28. The minimum absolute atomic E-state index is 0.157. The molecule has 3 aromatic rings. The van der Waals surface area contributed by atoms with Gasteiger partial charge in [0.25, 0.3) is 11.8 Å². The van der Waals surface area contributed by atoms with Crippen LogP contribution in [-0.4, -0.2) is 30.5 Å². The molecule has 8 heteroatoms. The molecule has 0 aliphatic heterocycles. The normalized spacial score (nSPS) is 10.6. The van der Waals surface area contributed by atoms with E-state index in [-0.39, 0.29) is 23.8 Å². The van der Waals surface area contributed by atoms with Gasteiger partial charge in [0, 0.05) is 5.56 Å². The van der Waals surface area contributed by atoms with E-state index in [1.54, 1.807) is 36.4 Å². The number of carbonyl (C=O) groups excluding carboxylic acids is 3. The second-order valence-electron chi connectivity index (χ2n) is 6.78. The molecule has 32 heavy (non-hydrogen) atoms. The molecule has 0 saturated carbocycles. The molecule has 0 atom stereocenters. The molecule has 0 bridgehead atoms. The predicted octanol–water partition coefficient (Wildman–Crippen LogP) is 3.23. The zero-order valence-corrected chi connectivity index (χ0v) is 17.2. The zero-order chi connectivity index (χ0) is 22.9. The summed E-state index contributed by atoms with van der Waals surface area (Å²) < 4.78 is 18.8. The number of esters is 1. The SMILES string of the molecule is Cc1cccc(C(=O)NCC(=O)NN=Cc2ccc(OC(=O)c3ccccc3F)cc2)c1. The first-order valence-electron chi connectivity index (χ1n) is 9.66. The first kappa shape index (κ1) is 22.4. The number of carbonyl (C=O) groups is 3. The highest BCUT2D eigenvalue weighted by Crippen LogP contribution is 2.15. The Hall–Kier alpha value is -4.33. The van der Waals surface area contributed by atoms with Crippen LogP contribution in [0.1, 0.15) is 31.8 Å². The third kappa shape index (κ3) is 6.33. The molecule has 3 rings (SSSR count). The molecule has 0 spiro atoms. The van der Waals surface area contributed by atoms with Gasteiger partial charge in [0.1, 0.15) is 11.6 Å². The Kier molecular flexibility index (Phi) is 7.42. The first-order chi connectivity index (χ1) is 15.4. The number of benzene rings is 3. The lowest BCUT2D eigenvalue weighted by molar-refractivity contribution is -0.120. The van der Waals surface area contributed by atoms with Crippen LogP contribution >= 0.6 is 0 Å². The minimum Gasteiger partial charge on any atom is -0.423 e. The van der Waals surface area contributed by atoms with Crippen LogP contribution in [-0.2, 0) is 4.79 Å². The van der Waals surface area contributed by atoms with E-state index < -0.39 is 17.7 Å². The van der Waals surface area contributed by atoms with Gasteiger partial charge in [-0.15, -0.1) is 0 Å². The lowest BCUT2D eigenvalue weighted by Crippen LogP contribution is -2.34. The van der Waals surface area contributed by atoms with Crippen LogP contribution in [0.5, 0.6) is 5.75 Å². The Bertz CT molecular complexity index is 1160. The molecule has 7 nitrogen and oxygen atoms in total. The number of hydrazone groups is 1. The number of hydrogen-bond donors (Lipinski definition) is 2. The van der Waals surface area contributed by atoms with Crippen molar-refractivity contribution in [3.63, 3.8) is 0 Å². The van der Waals surface area contributed by atoms with Gasteiger partial charge in [-0.05, 0) is 61.0 Å². The lowest BCUT2D eigenvalue weighted by atomic mass is 10.1. The first-order valence-corrected chi connectivity index (χ1v) is 9.66. The summed E-state index contributed by atoms with van der Waals surface area (Å²) in [4.78, 5) is 35.9. The largest absolute Gasteiger partial charge is 0.423 e. The quantitative estimate of drug-likeness (QED) is 0.259. The summed E-state index contributed by atoms with van der Waals surface area (Å²) in [6, 6.07) is 18.8. The van der Waals surface area contributed by atoms with Crippen LogP contribution in [0.15, 0.2) is 77.9 Å². The molecular formula is C24H20FN3O4. The van der Waals surface area contributed by atoms with Crippen LogP contribution in [0.3, 0.4) is 0 Å². The summed E-state index contributed by atoms with van der Waals surface area (Å²) >= 11 is 0. The van der Waals surface area contributed by atoms with Crippen molar-refractivity contribution in [1.82, 2.24) is 10.7 Å². The van der Waals surface area contributed by atoms with E-state index in [4.69, 9.17) is 4.74 Å². The summed E-state index contributed by atoms with van der Waals surface area (Å²) in [5.74, 6) is -2.07. The molecular weight excluding hydrogens is 413 g/mol. The number of hydrogen-bond acceptors (Lipinski definition) is 5. The molecule has 0 aliphatic rings. The van der Waals surface area contributed by atoms with Crippen molar-refractivity contribution in [3.8, 4) is 5.75 Å². The van der Waals surface area contributed by atoms with Crippen molar-refractivity contribution in [3.05, 3.63) is 101 Å². The molecule has 0 unspecified atom stereocenters. The highest BCUT2D eigenvalue weighted by molar-refractivity contribution is 5.96. The Morgan fingerprint density at radius 1 is 1.00 bits per heavy atom. The number of nitrogens with one attached hydrogen (secondary N) is 2. The van der Waals surface area contributed by atoms with Gasteiger partial charge >= 0.3 is 5.97 Å². The topological polar surface area (TPSA) is 96.9 Å². The van der Waals surface area contributed by atoms with Gasteiger partial charge in [-0.1, -0.05) is 29.8 Å². The van der Waals surface area contributed by atoms with E-state index in [0.29, 0.717) is 11.1 Å². The van der Waals surface area contributed by atoms with Crippen LogP contribution in [0.2, 0.25) is 0 Å². The average molecular weight is 433 g/mol. The van der Waals surface area contributed by atoms with Crippen LogP contribution < -0.4 is 15.5 Å². The van der Waals surface area contributed by atoms with E-state index in [1.165, 1.54) is 36.5 Å². The maximum absolute atomic E-state index is 13.6. The molecule has 0 fully saturated rings. The highest BCUT2D eigenvalue weighted by Gasteiger charge is 2.13. The summed E-state index contributed by atoms with van der Waals surface area (Å²) in [7, 11) is 0. The summed E-state index contributed by atoms with van der Waals surface area (Å²) in [5, 5.41) is 6.34. The standard InChI is InChI=1S/C24H20FN3O4/c1-16-5-4-6-18(13-16)23(30)26-15-22(29)28-27-14-17-9-11-19(12-10-17)32-24(31)20-7-2-3-8-21(20)25/h2-14H,15H2,1H3,(H,26,30)(H,28,29). The van der Waals surface area contributed by atoms with Crippen molar-refractivity contribution in [2.24, 2.45) is 5.10 Å². The van der Waals surface area contributed by atoms with E-state index in [0.717, 1.165) is 5.56 Å². The molecule has 0 saturated heterocycles. The monoisotopic (exact) mass is 433 g/mol. The minimum atomic E-state index is -0.801. The van der Waals surface area contributed by atoms with Gasteiger partial charge in [-0.25, -0.2) is 14.6 Å². The van der Waals surface area contributed by atoms with Gasteiger partial charge in [0.05, 0.1) is 18.3 Å². The van der Waals surface area contributed by atoms with Crippen LogP contribution in [0.4, 0.5) is 4.39 Å². The van der Waals surface area contributed by atoms with Gasteiger partial charge in [-0.2, -0.15) is 5.10 Å². The van der Waals surface area contributed by atoms with Gasteiger partial charge in [0.15, 0.2) is 0 Å². The number of halogens is 1. The maximum atomic E-state index is 13.6. The number of amides is 2. The second kappa shape index (κ2) is 10.6. The van der Waals surface area contributed by atoms with Crippen LogP contribution in [0.25, 0.3) is 0 Å². The van der Waals surface area contributed by atoms with Crippen molar-refractivity contribution < 1.29 is 23.5 Å². The van der Waals surface area contributed by atoms with E-state index >= 15 is 0 Å². The third-order valence-corrected chi connectivity index (χ3v) is 4.28. The van der Waals surface area contributed by atoms with Crippen molar-refractivity contribution >= 4 is 24.0 Å². The molecule has 0 heterocycles. The van der Waals surface area contributed by atoms with E-state index in [1.807, 2.05) is 13.0 Å². The summed E-state index contributed by atoms with van der Waals surface area (Å²) in [6.07, 6.45) is 1.39. The fourth-order valence-corrected chi connectivity index (χ4v) is 2.68. The van der Waals surface area contributed by atoms with Crippen molar-refractivity contribution in [1.29, 1.82) is 0 Å². The Balaban J connectivity index is 1.46. The molecule has 162 valence electrons. The fourth-order valence-electron chi connectivity index (χ4n) is 2.68. The molecule has 0 radical (unpaired) electrons. The Morgan fingerprint density at radius 2 is 1.75 bits per heavy atom. The van der Waals surface area contributed by atoms with E-state index in [2.05, 4.69) is 15.8 Å². The van der Waals surface area contributed by atoms with Gasteiger partial charge < -0.3 is 10.1 Å². The zero-order valence-electron chi connectivity index (χ0n) is 17.2. The van der Waals surface area contributed by atoms with Gasteiger partial charge in [-0.3, -0.25) is 9.59 Å². The van der Waals surface area contributed by atoms with Crippen LogP contribution in [0, 0.1) is 12.7 Å². The molecule has 0 aromatic heterocycles. The number of nitrogens with zero attached hydrogens (tertiary/aromatic N) is 1. The Morgan fingerprint density at radius 3 is 2.47 bits per heavy atom. The molecule has 2 amide bonds. The summed E-state index contributed by atoms with van der Waals surface area (Å²) in [6.45, 7) is 1.65. The number of aryl methyl sites for hydroxylation is 1. The molecule has 2 N–H and O–H groups in total. The van der Waals surface area contributed by atoms with Gasteiger partial charge in [0.2, 0.25) is 0 Å². The number of rotatable bonds is 7.